The van der Waals surface area contributed by atoms with Crippen molar-refractivity contribution in [3.8, 4) is 0 Å². The van der Waals surface area contributed by atoms with Crippen molar-refractivity contribution in [1.82, 2.24) is 0 Å². The number of carbonyl (C=O) groups is 2. The van der Waals surface area contributed by atoms with Gasteiger partial charge in [-0.05, 0) is 13.8 Å². The highest BCUT2D eigenvalue weighted by Gasteiger charge is 2.11. The van der Waals surface area contributed by atoms with Gasteiger partial charge in [0.2, 0.25) is 0 Å². The van der Waals surface area contributed by atoms with Crippen LogP contribution in [0.15, 0.2) is 16.3 Å². The minimum atomic E-state index is -0.951. The van der Waals surface area contributed by atoms with E-state index in [1.54, 1.807) is 6.92 Å². The maximum Gasteiger partial charge on any atom is 0.343 e. The molecule has 0 spiro atoms. The first-order valence-corrected chi connectivity index (χ1v) is 3.89. The molecule has 0 aromatic heterocycles. The Labute approximate surface area is 81.1 Å². The summed E-state index contributed by atoms with van der Waals surface area (Å²) in [6.45, 7) is 3.06. The minimum Gasteiger partial charge on any atom is -0.512 e. The molecular formula is C8H12N2O4. The Hall–Kier alpha value is -1.85. The molecule has 0 atom stereocenters. The predicted molar refractivity (Wildman–Crippen MR) is 50.0 cm³/mol. The van der Waals surface area contributed by atoms with Gasteiger partial charge in [0, 0.05) is 0 Å². The highest BCUT2D eigenvalue weighted by atomic mass is 16.5. The van der Waals surface area contributed by atoms with Crippen molar-refractivity contribution in [2.24, 2.45) is 10.7 Å². The van der Waals surface area contributed by atoms with Crippen molar-refractivity contribution >= 4 is 18.2 Å². The third-order valence-electron chi connectivity index (χ3n) is 1.21. The van der Waals surface area contributed by atoms with E-state index < -0.39 is 12.0 Å². The van der Waals surface area contributed by atoms with Gasteiger partial charge < -0.3 is 15.6 Å². The largest absolute Gasteiger partial charge is 0.512 e. The number of nitrogens with zero attached hydrogens (tertiary/aromatic N) is 1. The summed E-state index contributed by atoms with van der Waals surface area (Å²) in [5.74, 6) is -1.04. The molecule has 0 bridgehead atoms. The van der Waals surface area contributed by atoms with Crippen LogP contribution in [0.4, 0.5) is 4.79 Å². The minimum absolute atomic E-state index is 0.167. The molecule has 0 saturated heterocycles. The molecule has 0 aromatic carbocycles. The van der Waals surface area contributed by atoms with E-state index in [1.807, 2.05) is 0 Å². The van der Waals surface area contributed by atoms with Crippen LogP contribution in [0.2, 0.25) is 0 Å². The number of carbonyl (C=O) groups excluding carboxylic acids is 2. The molecule has 2 amide bonds. The van der Waals surface area contributed by atoms with E-state index in [-0.39, 0.29) is 17.9 Å². The molecule has 0 aliphatic rings. The Kier molecular flexibility index (Phi) is 4.98. The lowest BCUT2D eigenvalue weighted by atomic mass is 10.2. The number of aliphatic hydroxyl groups is 1. The topological polar surface area (TPSA) is 102 Å². The summed E-state index contributed by atoms with van der Waals surface area (Å²) in [6, 6.07) is -0.951. The van der Waals surface area contributed by atoms with Crippen LogP contribution in [0.3, 0.4) is 0 Å². The molecule has 6 heteroatoms. The van der Waals surface area contributed by atoms with Crippen LogP contribution in [-0.4, -0.2) is 29.9 Å². The highest BCUT2D eigenvalue weighted by molar-refractivity contribution is 6.11. The lowest BCUT2D eigenvalue weighted by Gasteiger charge is -2.02. The molecule has 0 unspecified atom stereocenters. The molecule has 0 aromatic rings. The van der Waals surface area contributed by atoms with Gasteiger partial charge in [-0.15, -0.1) is 0 Å². The van der Waals surface area contributed by atoms with Crippen molar-refractivity contribution in [1.29, 1.82) is 0 Å². The van der Waals surface area contributed by atoms with Gasteiger partial charge in [0.1, 0.15) is 11.3 Å². The molecule has 0 heterocycles. The van der Waals surface area contributed by atoms with Crippen molar-refractivity contribution in [2.75, 3.05) is 6.61 Å². The predicted octanol–water partition coefficient (Wildman–Crippen LogP) is 0.531. The molecule has 14 heavy (non-hydrogen) atoms. The van der Waals surface area contributed by atoms with Crippen molar-refractivity contribution in [3.05, 3.63) is 11.3 Å². The first kappa shape index (κ1) is 12.2. The smallest absolute Gasteiger partial charge is 0.343 e. The summed E-state index contributed by atoms with van der Waals surface area (Å²) in [7, 11) is 0. The van der Waals surface area contributed by atoms with Crippen molar-refractivity contribution in [2.45, 2.75) is 13.8 Å². The summed E-state index contributed by atoms with van der Waals surface area (Å²) >= 11 is 0. The number of urea groups is 1. The summed E-state index contributed by atoms with van der Waals surface area (Å²) in [5.41, 5.74) is 4.53. The van der Waals surface area contributed by atoms with Crippen LogP contribution in [-0.2, 0) is 9.53 Å². The van der Waals surface area contributed by atoms with E-state index in [0.29, 0.717) is 0 Å². The van der Waals surface area contributed by atoms with Crippen LogP contribution in [0.1, 0.15) is 13.8 Å². The Morgan fingerprint density at radius 1 is 1.57 bits per heavy atom. The fourth-order valence-electron chi connectivity index (χ4n) is 0.631. The highest BCUT2D eigenvalue weighted by Crippen LogP contribution is 2.01. The van der Waals surface area contributed by atoms with Gasteiger partial charge >= 0.3 is 12.0 Å². The summed E-state index contributed by atoms with van der Waals surface area (Å²) in [6.07, 6.45) is 0.871. The van der Waals surface area contributed by atoms with Crippen molar-refractivity contribution in [3.63, 3.8) is 0 Å². The Balaban J connectivity index is 4.73. The van der Waals surface area contributed by atoms with E-state index in [4.69, 9.17) is 10.8 Å². The average molecular weight is 200 g/mol. The number of esters is 1. The van der Waals surface area contributed by atoms with Gasteiger partial charge in [-0.2, -0.15) is 0 Å². The Morgan fingerprint density at radius 3 is 2.50 bits per heavy atom. The number of ether oxygens (including phenoxy) is 1. The average Bonchev–Trinajstić information content (AvgIpc) is 2.03. The van der Waals surface area contributed by atoms with Crippen LogP contribution in [0.5, 0.6) is 0 Å². The van der Waals surface area contributed by atoms with Crippen LogP contribution >= 0.6 is 0 Å². The number of hydrogen-bond acceptors (Lipinski definition) is 4. The van der Waals surface area contributed by atoms with Crippen LogP contribution < -0.4 is 5.73 Å². The number of allylic oxidation sites excluding steroid dienone is 1. The lowest BCUT2D eigenvalue weighted by Crippen LogP contribution is -2.12. The second-order valence-electron chi connectivity index (χ2n) is 2.32. The molecule has 0 aliphatic heterocycles. The summed E-state index contributed by atoms with van der Waals surface area (Å²) in [4.78, 5) is 24.5. The summed E-state index contributed by atoms with van der Waals surface area (Å²) in [5, 5.41) is 9.06. The van der Waals surface area contributed by atoms with Crippen molar-refractivity contribution < 1.29 is 19.4 Å². The fraction of sp³-hybridized carbons (Fsp3) is 0.375. The number of primary amides is 1. The second kappa shape index (κ2) is 5.74. The van der Waals surface area contributed by atoms with E-state index in [9.17, 15) is 9.59 Å². The first-order chi connectivity index (χ1) is 6.49. The molecule has 0 saturated carbocycles. The molecule has 0 radical (unpaired) electrons. The number of amides is 2. The van der Waals surface area contributed by atoms with Gasteiger partial charge in [0.05, 0.1) is 12.8 Å². The number of aliphatic hydroxyl groups excluding tert-OH is 1. The maximum absolute atomic E-state index is 11.1. The number of aliphatic imine (C=N–C) groups is 1. The SMILES string of the molecule is CCOC(=O)C(/C=N\C(N)=O)=C(C)O. The number of rotatable bonds is 3. The molecule has 3 N–H and O–H groups in total. The van der Waals surface area contributed by atoms with Gasteiger partial charge in [0.25, 0.3) is 0 Å². The quantitative estimate of drug-likeness (QED) is 0.300. The second-order valence-corrected chi connectivity index (χ2v) is 2.32. The molecule has 0 aliphatic carbocycles. The standard InChI is InChI=1S/C8H12N2O4/c1-3-14-7(12)6(5(2)11)4-10-8(9)13/h4,11H,3H2,1-2H3,(H2,9,13)/b6-5?,10-4-. The van der Waals surface area contributed by atoms with E-state index in [2.05, 4.69) is 9.73 Å². The summed E-state index contributed by atoms with van der Waals surface area (Å²) < 4.78 is 4.60. The van der Waals surface area contributed by atoms with Gasteiger partial charge in [0.15, 0.2) is 0 Å². The Bertz CT molecular complexity index is 290. The van der Waals surface area contributed by atoms with Gasteiger partial charge in [-0.25, -0.2) is 14.6 Å². The fourth-order valence-corrected chi connectivity index (χ4v) is 0.631. The normalized spacial score (nSPS) is 12.4. The number of hydrogen-bond donors (Lipinski definition) is 2. The maximum atomic E-state index is 11.1. The third kappa shape index (κ3) is 4.24. The Morgan fingerprint density at radius 2 is 2.14 bits per heavy atom. The first-order valence-electron chi connectivity index (χ1n) is 3.89. The molecule has 0 fully saturated rings. The zero-order valence-electron chi connectivity index (χ0n) is 7.98. The van der Waals surface area contributed by atoms with Crippen LogP contribution in [0.25, 0.3) is 0 Å². The van der Waals surface area contributed by atoms with E-state index in [1.165, 1.54) is 6.92 Å². The lowest BCUT2D eigenvalue weighted by molar-refractivity contribution is -0.138. The van der Waals surface area contributed by atoms with Gasteiger partial charge in [-0.3, -0.25) is 0 Å². The van der Waals surface area contributed by atoms with Crippen LogP contribution in [0, 0.1) is 0 Å². The van der Waals surface area contributed by atoms with E-state index in [0.717, 1.165) is 6.21 Å². The molecular weight excluding hydrogens is 188 g/mol. The molecule has 0 rings (SSSR count). The zero-order valence-corrected chi connectivity index (χ0v) is 7.98. The molecule has 6 nitrogen and oxygen atoms in total. The number of nitrogens with two attached hydrogens (primary N) is 1. The molecule has 78 valence electrons. The monoisotopic (exact) mass is 200 g/mol. The van der Waals surface area contributed by atoms with E-state index >= 15 is 0 Å². The third-order valence-corrected chi connectivity index (χ3v) is 1.21. The zero-order chi connectivity index (χ0) is 11.1. The van der Waals surface area contributed by atoms with Gasteiger partial charge in [-0.1, -0.05) is 0 Å².